The van der Waals surface area contributed by atoms with E-state index < -0.39 is 0 Å². The highest BCUT2D eigenvalue weighted by molar-refractivity contribution is 7.99. The van der Waals surface area contributed by atoms with E-state index >= 15 is 0 Å². The Balaban J connectivity index is 1.32. The molecule has 0 radical (unpaired) electrons. The van der Waals surface area contributed by atoms with E-state index in [1.165, 1.54) is 10.4 Å². The summed E-state index contributed by atoms with van der Waals surface area (Å²) in [6, 6.07) is 5.55. The van der Waals surface area contributed by atoms with Crippen molar-refractivity contribution in [2.24, 2.45) is 0 Å². The lowest BCUT2D eigenvalue weighted by molar-refractivity contribution is -0.115. The Morgan fingerprint density at radius 3 is 3.07 bits per heavy atom. The van der Waals surface area contributed by atoms with Crippen LogP contribution in [0.25, 0.3) is 10.2 Å². The van der Waals surface area contributed by atoms with Crippen molar-refractivity contribution in [1.82, 2.24) is 9.97 Å². The lowest BCUT2D eigenvalue weighted by Gasteiger charge is -2.10. The smallest absolute Gasteiger partial charge is 0.259 e. The SMILES string of the molecule is CCSc1ccc(Cl)cc1NC(=O)CCSCc1nc2sc3c(c2c(=O)[nH]1)CCC3. The van der Waals surface area contributed by atoms with Crippen LogP contribution in [0, 0.1) is 0 Å². The lowest BCUT2D eigenvalue weighted by Crippen LogP contribution is -2.13. The van der Waals surface area contributed by atoms with Crippen LogP contribution in [0.5, 0.6) is 0 Å². The Hall–Kier alpha value is -1.48. The number of benzene rings is 1. The van der Waals surface area contributed by atoms with Crippen LogP contribution in [0.1, 0.15) is 36.0 Å². The predicted octanol–water partition coefficient (Wildman–Crippen LogP) is 5.50. The second kappa shape index (κ2) is 9.77. The van der Waals surface area contributed by atoms with Crippen molar-refractivity contribution in [1.29, 1.82) is 0 Å². The summed E-state index contributed by atoms with van der Waals surface area (Å²) >= 11 is 11.0. The topological polar surface area (TPSA) is 74.8 Å². The van der Waals surface area contributed by atoms with Gasteiger partial charge in [-0.15, -0.1) is 23.1 Å². The van der Waals surface area contributed by atoms with E-state index in [1.54, 1.807) is 40.9 Å². The summed E-state index contributed by atoms with van der Waals surface area (Å²) in [6.45, 7) is 2.07. The van der Waals surface area contributed by atoms with Gasteiger partial charge in [-0.25, -0.2) is 4.98 Å². The zero-order chi connectivity index (χ0) is 21.1. The van der Waals surface area contributed by atoms with E-state index in [2.05, 4.69) is 22.2 Å². The first-order valence-corrected chi connectivity index (χ1v) is 13.2. The van der Waals surface area contributed by atoms with Crippen LogP contribution in [0.2, 0.25) is 5.02 Å². The zero-order valence-corrected chi connectivity index (χ0v) is 19.8. The third kappa shape index (κ3) is 4.88. The highest BCUT2D eigenvalue weighted by atomic mass is 35.5. The van der Waals surface area contributed by atoms with E-state index in [0.29, 0.717) is 28.8 Å². The maximum atomic E-state index is 12.5. The van der Waals surface area contributed by atoms with Gasteiger partial charge in [-0.3, -0.25) is 9.59 Å². The number of halogens is 1. The van der Waals surface area contributed by atoms with Crippen LogP contribution in [-0.4, -0.2) is 27.4 Å². The molecule has 2 heterocycles. The monoisotopic (exact) mass is 479 g/mol. The van der Waals surface area contributed by atoms with Crippen molar-refractivity contribution in [3.63, 3.8) is 0 Å². The van der Waals surface area contributed by atoms with Crippen molar-refractivity contribution in [2.45, 2.75) is 43.3 Å². The Morgan fingerprint density at radius 2 is 2.23 bits per heavy atom. The van der Waals surface area contributed by atoms with E-state index in [1.807, 2.05) is 12.1 Å². The highest BCUT2D eigenvalue weighted by Crippen LogP contribution is 2.34. The standard InChI is InChI=1S/C21H22ClN3O2S3/c1-2-29-16-7-6-12(22)10-14(16)23-18(26)8-9-28-11-17-24-20(27)19-13-4-3-5-15(13)30-21(19)25-17/h6-7,10H,2-5,8-9,11H2,1H3,(H,23,26)(H,24,25,27). The number of aromatic amines is 1. The first kappa shape index (κ1) is 21.7. The molecule has 2 aromatic heterocycles. The molecule has 0 saturated heterocycles. The molecule has 0 unspecified atom stereocenters. The quantitative estimate of drug-likeness (QED) is 0.329. The molecule has 0 fully saturated rings. The number of carbonyl (C=O) groups is 1. The number of H-pyrrole nitrogens is 1. The zero-order valence-electron chi connectivity index (χ0n) is 16.5. The predicted molar refractivity (Wildman–Crippen MR) is 130 cm³/mol. The third-order valence-electron chi connectivity index (χ3n) is 4.85. The molecule has 0 atom stereocenters. The first-order chi connectivity index (χ1) is 14.5. The minimum atomic E-state index is -0.0469. The number of hydrogen-bond donors (Lipinski definition) is 2. The summed E-state index contributed by atoms with van der Waals surface area (Å²) in [7, 11) is 0. The van der Waals surface area contributed by atoms with Crippen molar-refractivity contribution < 1.29 is 4.79 Å². The second-order valence-electron chi connectivity index (χ2n) is 6.97. The molecule has 1 amide bonds. The van der Waals surface area contributed by atoms with Gasteiger partial charge in [-0.2, -0.15) is 11.8 Å². The van der Waals surface area contributed by atoms with E-state index in [9.17, 15) is 9.59 Å². The van der Waals surface area contributed by atoms with Gasteiger partial charge in [-0.1, -0.05) is 18.5 Å². The van der Waals surface area contributed by atoms with E-state index in [4.69, 9.17) is 11.6 Å². The van der Waals surface area contributed by atoms with Gasteiger partial charge in [-0.05, 0) is 48.8 Å². The molecule has 158 valence electrons. The summed E-state index contributed by atoms with van der Waals surface area (Å²) in [5.41, 5.74) is 1.92. The van der Waals surface area contributed by atoms with Gasteiger partial charge in [0.15, 0.2) is 0 Å². The Morgan fingerprint density at radius 1 is 1.37 bits per heavy atom. The maximum absolute atomic E-state index is 12.5. The summed E-state index contributed by atoms with van der Waals surface area (Å²) in [5, 5.41) is 4.34. The number of amides is 1. The minimum Gasteiger partial charge on any atom is -0.325 e. The molecule has 1 aromatic carbocycles. The molecule has 0 saturated carbocycles. The van der Waals surface area contributed by atoms with Crippen LogP contribution in [0.4, 0.5) is 5.69 Å². The molecular formula is C21H22ClN3O2S3. The third-order valence-corrected chi connectivity index (χ3v) is 8.20. The summed E-state index contributed by atoms with van der Waals surface area (Å²) in [6.07, 6.45) is 3.55. The van der Waals surface area contributed by atoms with Crippen LogP contribution in [-0.2, 0) is 23.4 Å². The molecule has 3 aromatic rings. The van der Waals surface area contributed by atoms with Gasteiger partial charge in [0.2, 0.25) is 5.91 Å². The minimum absolute atomic E-state index is 0.0327. The number of anilines is 1. The molecule has 1 aliphatic rings. The molecular weight excluding hydrogens is 458 g/mol. The number of fused-ring (bicyclic) bond motifs is 3. The molecule has 30 heavy (non-hydrogen) atoms. The molecule has 4 rings (SSSR count). The van der Waals surface area contributed by atoms with Crippen molar-refractivity contribution in [3.05, 3.63) is 49.8 Å². The van der Waals surface area contributed by atoms with Crippen LogP contribution >= 0.6 is 46.5 Å². The average Bonchev–Trinajstić information content (AvgIpc) is 3.28. The lowest BCUT2D eigenvalue weighted by atomic mass is 10.2. The van der Waals surface area contributed by atoms with Gasteiger partial charge < -0.3 is 10.3 Å². The molecule has 0 spiro atoms. The Labute approximate surface area is 192 Å². The Bertz CT molecular complexity index is 1140. The van der Waals surface area contributed by atoms with Gasteiger partial charge in [0.25, 0.3) is 5.56 Å². The van der Waals surface area contributed by atoms with Crippen molar-refractivity contribution >= 4 is 68.3 Å². The number of aromatic nitrogens is 2. The Kier molecular flexibility index (Phi) is 7.08. The number of thiophene rings is 1. The summed E-state index contributed by atoms with van der Waals surface area (Å²) < 4.78 is 0. The number of nitrogens with one attached hydrogen (secondary N) is 2. The molecule has 1 aliphatic carbocycles. The largest absolute Gasteiger partial charge is 0.325 e. The van der Waals surface area contributed by atoms with Gasteiger partial charge in [0, 0.05) is 27.0 Å². The number of rotatable bonds is 8. The molecule has 0 aliphatic heterocycles. The number of aryl methyl sites for hydroxylation is 2. The van der Waals surface area contributed by atoms with Gasteiger partial charge in [0.05, 0.1) is 16.8 Å². The molecule has 5 nitrogen and oxygen atoms in total. The van der Waals surface area contributed by atoms with Crippen LogP contribution in [0.3, 0.4) is 0 Å². The fraction of sp³-hybridized carbons (Fsp3) is 0.381. The number of carbonyl (C=O) groups excluding carboxylic acids is 1. The molecule has 2 N–H and O–H groups in total. The van der Waals surface area contributed by atoms with Crippen molar-refractivity contribution in [2.75, 3.05) is 16.8 Å². The second-order valence-corrected chi connectivity index (χ2v) is 10.9. The summed E-state index contributed by atoms with van der Waals surface area (Å²) in [5.74, 6) is 2.77. The molecule has 0 bridgehead atoms. The fourth-order valence-corrected chi connectivity index (χ4v) is 6.54. The highest BCUT2D eigenvalue weighted by Gasteiger charge is 2.21. The van der Waals surface area contributed by atoms with Gasteiger partial charge >= 0.3 is 0 Å². The summed E-state index contributed by atoms with van der Waals surface area (Å²) in [4.78, 5) is 35.6. The molecule has 9 heteroatoms. The van der Waals surface area contributed by atoms with Gasteiger partial charge in [0.1, 0.15) is 10.7 Å². The van der Waals surface area contributed by atoms with Crippen LogP contribution < -0.4 is 10.9 Å². The number of hydrogen-bond acceptors (Lipinski definition) is 6. The van der Waals surface area contributed by atoms with E-state index in [-0.39, 0.29) is 11.5 Å². The van der Waals surface area contributed by atoms with Crippen molar-refractivity contribution in [3.8, 4) is 0 Å². The van der Waals surface area contributed by atoms with Crippen LogP contribution in [0.15, 0.2) is 27.9 Å². The first-order valence-electron chi connectivity index (χ1n) is 9.88. The fourth-order valence-electron chi connectivity index (χ4n) is 3.54. The number of nitrogens with zero attached hydrogens (tertiary/aromatic N) is 1. The average molecular weight is 480 g/mol. The maximum Gasteiger partial charge on any atom is 0.259 e. The number of thioether (sulfide) groups is 2. The normalized spacial score (nSPS) is 13.0. The van der Waals surface area contributed by atoms with E-state index in [0.717, 1.165) is 45.8 Å².